The van der Waals surface area contributed by atoms with Crippen LogP contribution >= 0.6 is 35.4 Å². The van der Waals surface area contributed by atoms with E-state index in [-0.39, 0.29) is 17.1 Å². The number of hydrogen-bond donors (Lipinski definition) is 0. The van der Waals surface area contributed by atoms with Crippen LogP contribution in [0.4, 0.5) is 50.4 Å². The summed E-state index contributed by atoms with van der Waals surface area (Å²) in [5, 5.41) is 0. The van der Waals surface area contributed by atoms with Crippen LogP contribution in [0.15, 0.2) is 0 Å². The number of hydrogen-bond acceptors (Lipinski definition) is 0. The normalized spacial score (nSPS) is 8.47. The molecule has 0 spiro atoms. The molecule has 0 saturated heterocycles. The summed E-state index contributed by atoms with van der Waals surface area (Å²) in [4.78, 5) is 0. The molecule has 0 aromatic carbocycles. The Labute approximate surface area is 103 Å². The van der Waals surface area contributed by atoms with Crippen molar-refractivity contribution in [2.24, 2.45) is 0 Å². The zero-order chi connectivity index (χ0) is 14.3. The van der Waals surface area contributed by atoms with Gasteiger partial charge in [0, 0.05) is 0 Å². The van der Waals surface area contributed by atoms with Crippen LogP contribution in [0.25, 0.3) is 0 Å². The number of halogens is 12. The van der Waals surface area contributed by atoms with Crippen molar-refractivity contribution in [2.75, 3.05) is 0 Å². The zero-order valence-corrected chi connectivity index (χ0v) is 11.6. The summed E-state index contributed by atoms with van der Waals surface area (Å²) >= 11 is 0. The van der Waals surface area contributed by atoms with Gasteiger partial charge in [0.1, 0.15) is 0 Å². The maximum absolute atomic E-state index is 9.73. The first kappa shape index (κ1) is 31.0. The first-order valence-corrected chi connectivity index (χ1v) is 6.09. The van der Waals surface area contributed by atoms with Gasteiger partial charge < -0.3 is 0 Å². The second-order valence-electron chi connectivity index (χ2n) is 0.767. The van der Waals surface area contributed by atoms with Crippen LogP contribution in [-0.2, 0) is 17.1 Å². The van der Waals surface area contributed by atoms with Gasteiger partial charge in [-0.1, -0.05) is 0 Å². The zero-order valence-electron chi connectivity index (χ0n) is 6.73. The molecule has 0 unspecified atom stereocenters. The summed E-state index contributed by atoms with van der Waals surface area (Å²) in [7, 11) is -16.5. The van der Waals surface area contributed by atoms with Crippen LogP contribution in [0.5, 0.6) is 0 Å². The Bertz CT molecular complexity index is 61.5. The average molecular weight is 410 g/mol. The van der Waals surface area contributed by atoms with Gasteiger partial charge in [-0.15, -0.1) is 0 Å². The Morgan fingerprint density at radius 3 is 0.294 bits per heavy atom. The molecular weight excluding hydrogens is 408 g/mol. The molecule has 0 aromatic rings. The fourth-order valence-corrected chi connectivity index (χ4v) is 0. The molecule has 0 aliphatic carbocycles. The summed E-state index contributed by atoms with van der Waals surface area (Å²) in [6.45, 7) is 0. The molecular formula is H2F12FeP4. The predicted molar refractivity (Wildman–Crippen MR) is 43.8 cm³/mol. The number of rotatable bonds is 0. The molecule has 114 valence electrons. The van der Waals surface area contributed by atoms with E-state index in [1.54, 1.807) is 0 Å². The third-order valence-electron chi connectivity index (χ3n) is 0. The Balaban J connectivity index is -0.0000000369. The SMILES string of the molecule is FP(F)F.FP(F)F.FP(F)F.FP(F)F.[FeH2]. The van der Waals surface area contributed by atoms with Gasteiger partial charge in [-0.25, -0.2) is 0 Å². The molecule has 0 nitrogen and oxygen atoms in total. The molecule has 0 fully saturated rings. The Kier molecular flexibility index (Phi) is 47.6. The van der Waals surface area contributed by atoms with E-state index in [0.29, 0.717) is 0 Å². The Hall–Kier alpha value is 1.40. The van der Waals surface area contributed by atoms with E-state index in [2.05, 4.69) is 0 Å². The molecule has 0 rings (SSSR count). The van der Waals surface area contributed by atoms with Crippen LogP contribution in [0.2, 0.25) is 0 Å². The molecule has 17 heteroatoms. The van der Waals surface area contributed by atoms with Crippen LogP contribution in [0, 0.1) is 0 Å². The Morgan fingerprint density at radius 2 is 0.294 bits per heavy atom. The van der Waals surface area contributed by atoms with Gasteiger partial charge in [0.15, 0.2) is 0 Å². The average Bonchev–Trinajstić information content (AvgIpc) is 1.76. The molecule has 0 amide bonds. The molecule has 0 bridgehead atoms. The second-order valence-corrected chi connectivity index (χ2v) is 2.30. The fraction of sp³-hybridized carbons (Fsp3) is 0. The van der Waals surface area contributed by atoms with E-state index in [0.717, 1.165) is 0 Å². The second kappa shape index (κ2) is 26.1. The van der Waals surface area contributed by atoms with Gasteiger partial charge in [0.05, 0.1) is 0 Å². The van der Waals surface area contributed by atoms with E-state index in [9.17, 15) is 50.4 Å². The van der Waals surface area contributed by atoms with Crippen molar-refractivity contribution in [1.29, 1.82) is 0 Å². The quantitative estimate of drug-likeness (QED) is 0.216. The summed E-state index contributed by atoms with van der Waals surface area (Å²) < 4.78 is 117. The van der Waals surface area contributed by atoms with Crippen molar-refractivity contribution in [3.05, 3.63) is 0 Å². The molecule has 0 aliphatic heterocycles. The van der Waals surface area contributed by atoms with E-state index >= 15 is 0 Å². The third kappa shape index (κ3) is 2110. The van der Waals surface area contributed by atoms with Gasteiger partial charge in [-0.05, 0) is 0 Å². The Morgan fingerprint density at radius 1 is 0.294 bits per heavy atom. The summed E-state index contributed by atoms with van der Waals surface area (Å²) in [5.74, 6) is 0. The van der Waals surface area contributed by atoms with Gasteiger partial charge in [-0.2, -0.15) is 50.4 Å². The minimum atomic E-state index is -4.12. The minimum absolute atomic E-state index is 0. The van der Waals surface area contributed by atoms with Crippen molar-refractivity contribution in [3.8, 4) is 0 Å². The van der Waals surface area contributed by atoms with E-state index in [1.807, 2.05) is 0 Å². The summed E-state index contributed by atoms with van der Waals surface area (Å²) in [6, 6.07) is 0. The van der Waals surface area contributed by atoms with Gasteiger partial charge >= 0.3 is 52.5 Å². The monoisotopic (exact) mass is 410 g/mol. The molecule has 0 N–H and O–H groups in total. The standard InChI is InChI=1S/4F3P.Fe.2H/c4*1-4(2)3;;;. The first-order valence-electron chi connectivity index (χ1n) is 2.03. The van der Waals surface area contributed by atoms with E-state index in [1.165, 1.54) is 0 Å². The third-order valence-corrected chi connectivity index (χ3v) is 0. The molecule has 0 aromatic heterocycles. The molecule has 17 heavy (non-hydrogen) atoms. The molecule has 0 heterocycles. The summed E-state index contributed by atoms with van der Waals surface area (Å²) in [6.07, 6.45) is 0. The van der Waals surface area contributed by atoms with Crippen molar-refractivity contribution >= 4 is 35.4 Å². The van der Waals surface area contributed by atoms with Gasteiger partial charge in [0.2, 0.25) is 0 Å². The first-order chi connectivity index (χ1) is 6.93. The van der Waals surface area contributed by atoms with Crippen LogP contribution in [-0.4, -0.2) is 0 Å². The predicted octanol–water partition coefficient (Wildman–Crippen LogP) is 7.95. The fourth-order valence-electron chi connectivity index (χ4n) is 0. The van der Waals surface area contributed by atoms with Crippen LogP contribution in [0.1, 0.15) is 0 Å². The van der Waals surface area contributed by atoms with Gasteiger partial charge in [0.25, 0.3) is 0 Å². The van der Waals surface area contributed by atoms with Crippen LogP contribution < -0.4 is 0 Å². The van der Waals surface area contributed by atoms with Crippen molar-refractivity contribution in [2.45, 2.75) is 0 Å². The topological polar surface area (TPSA) is 0 Å². The summed E-state index contributed by atoms with van der Waals surface area (Å²) in [5.41, 5.74) is 0. The molecule has 0 saturated carbocycles. The van der Waals surface area contributed by atoms with E-state index < -0.39 is 35.4 Å². The van der Waals surface area contributed by atoms with Crippen molar-refractivity contribution < 1.29 is 67.4 Å². The van der Waals surface area contributed by atoms with Crippen LogP contribution in [0.3, 0.4) is 0 Å². The molecule has 0 atom stereocenters. The molecule has 0 aliphatic rings. The van der Waals surface area contributed by atoms with Crippen molar-refractivity contribution in [3.63, 3.8) is 0 Å². The van der Waals surface area contributed by atoms with Gasteiger partial charge in [-0.3, -0.25) is 0 Å². The van der Waals surface area contributed by atoms with Crippen molar-refractivity contribution in [1.82, 2.24) is 0 Å². The maximum atomic E-state index is 9.73. The molecule has 0 radical (unpaired) electrons. The van der Waals surface area contributed by atoms with E-state index in [4.69, 9.17) is 0 Å².